The van der Waals surface area contributed by atoms with E-state index in [0.717, 1.165) is 44.6 Å². The van der Waals surface area contributed by atoms with Gasteiger partial charge in [0.2, 0.25) is 0 Å². The zero-order valence-corrected chi connectivity index (χ0v) is 20.0. The minimum absolute atomic E-state index is 0.0484. The molecular weight excluding hydrogens is 462 g/mol. The van der Waals surface area contributed by atoms with Gasteiger partial charge in [-0.3, -0.25) is 20.2 Å². The van der Waals surface area contributed by atoms with E-state index in [4.69, 9.17) is 4.74 Å². The lowest BCUT2D eigenvalue weighted by Gasteiger charge is -2.37. The Labute approximate surface area is 210 Å². The highest BCUT2D eigenvalue weighted by atomic mass is 16.7. The first-order valence-electron chi connectivity index (χ1n) is 12.2. The Morgan fingerprint density at radius 2 is 1.58 bits per heavy atom. The average Bonchev–Trinajstić information content (AvgIpc) is 2.88. The van der Waals surface area contributed by atoms with Crippen molar-refractivity contribution in [3.8, 4) is 0 Å². The fourth-order valence-corrected chi connectivity index (χ4v) is 5.32. The summed E-state index contributed by atoms with van der Waals surface area (Å²) in [6, 6.07) is 19.2. The molecule has 0 saturated carbocycles. The van der Waals surface area contributed by atoms with Gasteiger partial charge in [0.05, 0.1) is 11.5 Å². The van der Waals surface area contributed by atoms with Crippen LogP contribution in [-0.2, 0) is 4.74 Å². The van der Waals surface area contributed by atoms with Crippen molar-refractivity contribution >= 4 is 0 Å². The van der Waals surface area contributed by atoms with Gasteiger partial charge < -0.3 is 14.7 Å². The molecule has 2 aromatic rings. The number of piperidine rings is 1. The van der Waals surface area contributed by atoms with E-state index >= 15 is 0 Å². The summed E-state index contributed by atoms with van der Waals surface area (Å²) >= 11 is 0. The normalized spacial score (nSPS) is 22.9. The van der Waals surface area contributed by atoms with Crippen molar-refractivity contribution in [1.82, 2.24) is 4.90 Å². The van der Waals surface area contributed by atoms with Crippen LogP contribution in [0.4, 0.5) is 0 Å². The summed E-state index contributed by atoms with van der Waals surface area (Å²) in [6.45, 7) is 2.62. The predicted molar refractivity (Wildman–Crippen MR) is 134 cm³/mol. The average molecular weight is 494 g/mol. The maximum Gasteiger partial charge on any atom is 0.357 e. The summed E-state index contributed by atoms with van der Waals surface area (Å²) in [6.07, 6.45) is 5.98. The van der Waals surface area contributed by atoms with Crippen LogP contribution in [-0.4, -0.2) is 57.9 Å². The Bertz CT molecular complexity index is 1060. The van der Waals surface area contributed by atoms with E-state index < -0.39 is 27.4 Å². The molecule has 1 fully saturated rings. The van der Waals surface area contributed by atoms with Crippen molar-refractivity contribution in [3.05, 3.63) is 116 Å². The van der Waals surface area contributed by atoms with Gasteiger partial charge in [-0.15, -0.1) is 0 Å². The van der Waals surface area contributed by atoms with Crippen molar-refractivity contribution in [2.24, 2.45) is 5.92 Å². The number of nitro groups is 2. The van der Waals surface area contributed by atoms with Crippen LogP contribution < -0.4 is 0 Å². The summed E-state index contributed by atoms with van der Waals surface area (Å²) in [5, 5.41) is 33.3. The fraction of sp³-hybridized carbons (Fsp3) is 0.407. The van der Waals surface area contributed by atoms with Gasteiger partial charge in [0, 0.05) is 23.5 Å². The lowest BCUT2D eigenvalue weighted by molar-refractivity contribution is -0.585. The summed E-state index contributed by atoms with van der Waals surface area (Å²) < 4.78 is 5.45. The number of hydrogen-bond acceptors (Lipinski definition) is 7. The van der Waals surface area contributed by atoms with E-state index in [1.165, 1.54) is 17.2 Å². The second kappa shape index (κ2) is 11.6. The zero-order valence-electron chi connectivity index (χ0n) is 20.0. The van der Waals surface area contributed by atoms with Crippen LogP contribution in [0.1, 0.15) is 36.3 Å². The van der Waals surface area contributed by atoms with Gasteiger partial charge in [0.15, 0.2) is 0 Å². The highest BCUT2D eigenvalue weighted by Gasteiger charge is 2.54. The fourth-order valence-electron chi connectivity index (χ4n) is 5.32. The largest absolute Gasteiger partial charge is 0.357 e. The minimum Gasteiger partial charge on any atom is -0.356 e. The van der Waals surface area contributed by atoms with Gasteiger partial charge in [-0.2, -0.15) is 0 Å². The molecule has 4 rings (SSSR count). The quantitative estimate of drug-likeness (QED) is 0.230. The van der Waals surface area contributed by atoms with Crippen molar-refractivity contribution in [2.45, 2.75) is 37.0 Å². The van der Waals surface area contributed by atoms with E-state index in [1.807, 2.05) is 12.1 Å². The van der Waals surface area contributed by atoms with Crippen molar-refractivity contribution in [2.75, 3.05) is 26.2 Å². The van der Waals surface area contributed by atoms with Crippen molar-refractivity contribution < 1.29 is 19.7 Å². The molecule has 2 atom stereocenters. The Kier molecular flexibility index (Phi) is 8.25. The molecule has 1 N–H and O–H groups in total. The molecule has 1 aliphatic carbocycles. The Hall–Kier alpha value is -3.40. The summed E-state index contributed by atoms with van der Waals surface area (Å²) in [5.74, 6) is -1.48. The summed E-state index contributed by atoms with van der Waals surface area (Å²) in [5.41, 5.74) is 1.96. The van der Waals surface area contributed by atoms with Gasteiger partial charge in [-0.1, -0.05) is 66.7 Å². The number of ether oxygens (including phenoxy) is 1. The number of allylic oxidation sites excluding steroid dienone is 2. The number of nitrogens with zero attached hydrogens (tertiary/aromatic N) is 3. The van der Waals surface area contributed by atoms with Crippen LogP contribution in [0, 0.1) is 26.1 Å². The highest BCUT2D eigenvalue weighted by molar-refractivity contribution is 5.33. The van der Waals surface area contributed by atoms with E-state index in [0.29, 0.717) is 18.3 Å². The van der Waals surface area contributed by atoms with Gasteiger partial charge in [0.25, 0.3) is 5.79 Å². The molecule has 36 heavy (non-hydrogen) atoms. The number of rotatable bonds is 10. The van der Waals surface area contributed by atoms with Crippen LogP contribution in [0.3, 0.4) is 0 Å². The topological polar surface area (TPSA) is 119 Å². The Morgan fingerprint density at radius 1 is 1.00 bits per heavy atom. The third-order valence-corrected chi connectivity index (χ3v) is 7.07. The first kappa shape index (κ1) is 25.7. The number of aliphatic hydroxyl groups is 1. The Balaban J connectivity index is 1.30. The third kappa shape index (κ3) is 5.87. The summed E-state index contributed by atoms with van der Waals surface area (Å²) in [7, 11) is 0. The molecule has 2 aliphatic rings. The molecule has 0 bridgehead atoms. The van der Waals surface area contributed by atoms with Gasteiger partial charge >= 0.3 is 11.7 Å². The first-order chi connectivity index (χ1) is 17.4. The smallest absolute Gasteiger partial charge is 0.356 e. The van der Waals surface area contributed by atoms with Crippen molar-refractivity contribution in [1.29, 1.82) is 0 Å². The third-order valence-electron chi connectivity index (χ3n) is 7.07. The molecule has 0 amide bonds. The molecule has 2 aromatic carbocycles. The van der Waals surface area contributed by atoms with Crippen molar-refractivity contribution in [3.63, 3.8) is 0 Å². The SMILES string of the molecule is O=[N+]([O-])C1=CC=CC(O)(OCCCN2CCC(C(c3ccccc3)c3ccccc3)CC2)C1[N+](=O)[O-]. The van der Waals surface area contributed by atoms with Crippen LogP contribution in [0.2, 0.25) is 0 Å². The van der Waals surface area contributed by atoms with Crippen LogP contribution in [0.25, 0.3) is 0 Å². The molecule has 9 nitrogen and oxygen atoms in total. The van der Waals surface area contributed by atoms with Gasteiger partial charge in [-0.25, -0.2) is 0 Å². The molecule has 2 unspecified atom stereocenters. The van der Waals surface area contributed by atoms with E-state index in [2.05, 4.69) is 53.4 Å². The maximum absolute atomic E-state index is 11.4. The molecular formula is C27H31N3O6. The molecule has 9 heteroatoms. The number of hydrogen-bond donors (Lipinski definition) is 1. The van der Waals surface area contributed by atoms with Gasteiger partial charge in [0.1, 0.15) is 0 Å². The molecule has 1 heterocycles. The Morgan fingerprint density at radius 3 is 2.11 bits per heavy atom. The zero-order chi connectivity index (χ0) is 25.5. The summed E-state index contributed by atoms with van der Waals surface area (Å²) in [4.78, 5) is 23.2. The number of benzene rings is 2. The van der Waals surface area contributed by atoms with Gasteiger partial charge in [-0.05, 0) is 55.5 Å². The number of likely N-dealkylation sites (tertiary alicyclic amines) is 1. The highest BCUT2D eigenvalue weighted by Crippen LogP contribution is 2.38. The second-order valence-electron chi connectivity index (χ2n) is 9.33. The van der Waals surface area contributed by atoms with Crippen LogP contribution in [0.15, 0.2) is 84.6 Å². The van der Waals surface area contributed by atoms with E-state index in [9.17, 15) is 25.3 Å². The first-order valence-corrected chi connectivity index (χ1v) is 12.2. The molecule has 0 aromatic heterocycles. The minimum atomic E-state index is -2.34. The molecule has 0 spiro atoms. The second-order valence-corrected chi connectivity index (χ2v) is 9.33. The molecule has 1 aliphatic heterocycles. The maximum atomic E-state index is 11.4. The molecule has 190 valence electrons. The molecule has 0 radical (unpaired) electrons. The standard InChI is InChI=1S/C27H31N3O6/c31-27(16-7-13-24(29(32)33)26(27)30(34)35)36-20-8-17-28-18-14-23(15-19-28)25(21-9-3-1-4-10-21)22-11-5-2-6-12-22/h1-7,9-13,16,23,25-26,31H,8,14-15,17-20H2. The lowest BCUT2D eigenvalue weighted by Crippen LogP contribution is -2.51. The predicted octanol–water partition coefficient (Wildman–Crippen LogP) is 4.00. The van der Waals surface area contributed by atoms with E-state index in [-0.39, 0.29) is 6.61 Å². The molecule has 1 saturated heterocycles. The van der Waals surface area contributed by atoms with Crippen LogP contribution >= 0.6 is 0 Å². The van der Waals surface area contributed by atoms with E-state index in [1.54, 1.807) is 0 Å². The lowest BCUT2D eigenvalue weighted by atomic mass is 9.76. The monoisotopic (exact) mass is 493 g/mol. The van der Waals surface area contributed by atoms with Crippen LogP contribution in [0.5, 0.6) is 0 Å².